The number of para-hydroxylation sites is 1. The van der Waals surface area contributed by atoms with Gasteiger partial charge >= 0.3 is 0 Å². The van der Waals surface area contributed by atoms with E-state index in [2.05, 4.69) is 19.2 Å². The van der Waals surface area contributed by atoms with Crippen LogP contribution in [0.15, 0.2) is 18.2 Å². The van der Waals surface area contributed by atoms with Crippen LogP contribution in [0, 0.1) is 5.92 Å². The molecular weight excluding hydrogens is 190 g/mol. The minimum absolute atomic E-state index is 0.0462. The Hall–Kier alpha value is -1.51. The molecule has 2 rings (SSSR count). The number of amides is 1. The van der Waals surface area contributed by atoms with E-state index < -0.39 is 0 Å². The number of nitrogens with one attached hydrogen (secondary N) is 1. The van der Waals surface area contributed by atoms with E-state index in [4.69, 9.17) is 4.74 Å². The van der Waals surface area contributed by atoms with Gasteiger partial charge in [0.25, 0.3) is 0 Å². The monoisotopic (exact) mass is 205 g/mol. The number of methoxy groups -OCH3 is 1. The highest BCUT2D eigenvalue weighted by atomic mass is 16.5. The van der Waals surface area contributed by atoms with Crippen molar-refractivity contribution in [1.29, 1.82) is 0 Å². The summed E-state index contributed by atoms with van der Waals surface area (Å²) in [6, 6.07) is 5.77. The summed E-state index contributed by atoms with van der Waals surface area (Å²) in [7, 11) is 1.62. The molecule has 1 aliphatic heterocycles. The van der Waals surface area contributed by atoms with Crippen LogP contribution >= 0.6 is 0 Å². The van der Waals surface area contributed by atoms with Crippen LogP contribution in [0.1, 0.15) is 25.3 Å². The van der Waals surface area contributed by atoms with Gasteiger partial charge in [-0.3, -0.25) is 4.79 Å². The Labute approximate surface area is 89.4 Å². The van der Waals surface area contributed by atoms with Gasteiger partial charge in [-0.1, -0.05) is 26.0 Å². The van der Waals surface area contributed by atoms with Crippen molar-refractivity contribution in [3.63, 3.8) is 0 Å². The molecule has 1 aliphatic rings. The lowest BCUT2D eigenvalue weighted by Gasteiger charge is -2.12. The van der Waals surface area contributed by atoms with Crippen molar-refractivity contribution in [1.82, 2.24) is 0 Å². The first-order valence-electron chi connectivity index (χ1n) is 5.13. The van der Waals surface area contributed by atoms with E-state index >= 15 is 0 Å². The zero-order valence-corrected chi connectivity index (χ0v) is 9.20. The molecule has 0 aliphatic carbocycles. The third kappa shape index (κ3) is 1.48. The smallest absolute Gasteiger partial charge is 0.232 e. The van der Waals surface area contributed by atoms with Crippen LogP contribution in [0.25, 0.3) is 0 Å². The maximum absolute atomic E-state index is 11.8. The topological polar surface area (TPSA) is 38.3 Å². The van der Waals surface area contributed by atoms with E-state index in [-0.39, 0.29) is 11.8 Å². The number of anilines is 1. The van der Waals surface area contributed by atoms with Crippen molar-refractivity contribution in [2.24, 2.45) is 5.92 Å². The standard InChI is InChI=1S/C12H15NO2/c1-7(2)10-8-5-4-6-9(15-3)11(8)13-12(10)14/h4-7,10H,1-3H3,(H,13,14). The lowest BCUT2D eigenvalue weighted by molar-refractivity contribution is -0.117. The summed E-state index contributed by atoms with van der Waals surface area (Å²) >= 11 is 0. The van der Waals surface area contributed by atoms with Crippen LogP contribution < -0.4 is 10.1 Å². The number of ether oxygens (including phenoxy) is 1. The van der Waals surface area contributed by atoms with Gasteiger partial charge in [0, 0.05) is 0 Å². The maximum atomic E-state index is 11.8. The van der Waals surface area contributed by atoms with Gasteiger partial charge in [-0.15, -0.1) is 0 Å². The van der Waals surface area contributed by atoms with E-state index in [0.717, 1.165) is 17.0 Å². The summed E-state index contributed by atoms with van der Waals surface area (Å²) in [6.45, 7) is 4.11. The fourth-order valence-corrected chi connectivity index (χ4v) is 2.12. The van der Waals surface area contributed by atoms with Gasteiger partial charge in [-0.25, -0.2) is 0 Å². The summed E-state index contributed by atoms with van der Waals surface area (Å²) in [5.41, 5.74) is 1.89. The predicted octanol–water partition coefficient (Wildman–Crippen LogP) is 2.39. The zero-order chi connectivity index (χ0) is 11.0. The van der Waals surface area contributed by atoms with Gasteiger partial charge in [0.05, 0.1) is 18.7 Å². The molecule has 0 fully saturated rings. The molecule has 0 spiro atoms. The Kier molecular flexibility index (Phi) is 2.39. The number of benzene rings is 1. The quantitative estimate of drug-likeness (QED) is 0.805. The molecule has 0 radical (unpaired) electrons. The largest absolute Gasteiger partial charge is 0.495 e. The second-order valence-electron chi connectivity index (χ2n) is 4.14. The molecule has 1 heterocycles. The molecule has 1 amide bonds. The minimum atomic E-state index is -0.0462. The van der Waals surface area contributed by atoms with Crippen molar-refractivity contribution in [2.75, 3.05) is 12.4 Å². The SMILES string of the molecule is COc1cccc2c1NC(=O)C2C(C)C. The number of rotatable bonds is 2. The third-order valence-electron chi connectivity index (χ3n) is 2.81. The van der Waals surface area contributed by atoms with Gasteiger partial charge in [-0.05, 0) is 17.5 Å². The highest BCUT2D eigenvalue weighted by Gasteiger charge is 2.34. The Morgan fingerprint density at radius 1 is 1.40 bits per heavy atom. The Balaban J connectivity index is 2.51. The molecule has 1 unspecified atom stereocenters. The first kappa shape index (κ1) is 10.0. The molecule has 3 heteroatoms. The minimum Gasteiger partial charge on any atom is -0.495 e. The van der Waals surface area contributed by atoms with Gasteiger partial charge in [0.2, 0.25) is 5.91 Å². The van der Waals surface area contributed by atoms with Crippen LogP contribution in [0.4, 0.5) is 5.69 Å². The van der Waals surface area contributed by atoms with Gasteiger partial charge < -0.3 is 10.1 Å². The number of carbonyl (C=O) groups excluding carboxylic acids is 1. The third-order valence-corrected chi connectivity index (χ3v) is 2.81. The molecule has 1 aromatic rings. The lowest BCUT2D eigenvalue weighted by atomic mass is 9.90. The summed E-state index contributed by atoms with van der Waals surface area (Å²) in [5, 5.41) is 2.88. The molecule has 0 saturated carbocycles. The lowest BCUT2D eigenvalue weighted by Crippen LogP contribution is -2.16. The van der Waals surface area contributed by atoms with E-state index in [0.29, 0.717) is 5.92 Å². The summed E-state index contributed by atoms with van der Waals surface area (Å²) in [5.74, 6) is 1.07. The molecule has 15 heavy (non-hydrogen) atoms. The van der Waals surface area contributed by atoms with Crippen LogP contribution in [0.3, 0.4) is 0 Å². The zero-order valence-electron chi connectivity index (χ0n) is 9.20. The van der Waals surface area contributed by atoms with Crippen molar-refractivity contribution in [2.45, 2.75) is 19.8 Å². The van der Waals surface area contributed by atoms with Crippen molar-refractivity contribution >= 4 is 11.6 Å². The molecule has 1 aromatic carbocycles. The van der Waals surface area contributed by atoms with Gasteiger partial charge in [-0.2, -0.15) is 0 Å². The normalized spacial score (nSPS) is 18.9. The highest BCUT2D eigenvalue weighted by Crippen LogP contribution is 2.42. The Bertz CT molecular complexity index is 399. The average molecular weight is 205 g/mol. The van der Waals surface area contributed by atoms with Crippen molar-refractivity contribution in [3.8, 4) is 5.75 Å². The molecule has 3 nitrogen and oxygen atoms in total. The number of hydrogen-bond donors (Lipinski definition) is 1. The van der Waals surface area contributed by atoms with E-state index in [9.17, 15) is 4.79 Å². The molecule has 0 aromatic heterocycles. The van der Waals surface area contributed by atoms with Gasteiger partial charge in [0.15, 0.2) is 0 Å². The van der Waals surface area contributed by atoms with Gasteiger partial charge in [0.1, 0.15) is 5.75 Å². The first-order valence-corrected chi connectivity index (χ1v) is 5.13. The summed E-state index contributed by atoms with van der Waals surface area (Å²) in [6.07, 6.45) is 0. The molecule has 1 atom stereocenters. The second-order valence-corrected chi connectivity index (χ2v) is 4.14. The van der Waals surface area contributed by atoms with Crippen LogP contribution in [0.5, 0.6) is 5.75 Å². The van der Waals surface area contributed by atoms with Crippen molar-refractivity contribution < 1.29 is 9.53 Å². The van der Waals surface area contributed by atoms with E-state index in [1.165, 1.54) is 0 Å². The highest BCUT2D eigenvalue weighted by molar-refractivity contribution is 6.04. The van der Waals surface area contributed by atoms with E-state index in [1.54, 1.807) is 7.11 Å². The maximum Gasteiger partial charge on any atom is 0.232 e. The molecule has 0 saturated heterocycles. The van der Waals surface area contributed by atoms with Crippen LogP contribution in [-0.4, -0.2) is 13.0 Å². The van der Waals surface area contributed by atoms with Crippen LogP contribution in [-0.2, 0) is 4.79 Å². The van der Waals surface area contributed by atoms with E-state index in [1.807, 2.05) is 18.2 Å². The molecule has 1 N–H and O–H groups in total. The molecule has 80 valence electrons. The second kappa shape index (κ2) is 3.57. The fourth-order valence-electron chi connectivity index (χ4n) is 2.12. The van der Waals surface area contributed by atoms with Crippen molar-refractivity contribution in [3.05, 3.63) is 23.8 Å². The number of hydrogen-bond acceptors (Lipinski definition) is 2. The Morgan fingerprint density at radius 2 is 2.13 bits per heavy atom. The Morgan fingerprint density at radius 3 is 2.73 bits per heavy atom. The predicted molar refractivity (Wildman–Crippen MR) is 59.2 cm³/mol. The first-order chi connectivity index (χ1) is 7.15. The van der Waals surface area contributed by atoms with Crippen LogP contribution in [0.2, 0.25) is 0 Å². The molecule has 0 bridgehead atoms. The number of carbonyl (C=O) groups is 1. The molecular formula is C12H15NO2. The summed E-state index contributed by atoms with van der Waals surface area (Å²) < 4.78 is 5.22. The summed E-state index contributed by atoms with van der Waals surface area (Å²) in [4.78, 5) is 11.8. The number of fused-ring (bicyclic) bond motifs is 1. The fraction of sp³-hybridized carbons (Fsp3) is 0.417. The average Bonchev–Trinajstić information content (AvgIpc) is 2.53.